The van der Waals surface area contributed by atoms with Crippen molar-refractivity contribution in [2.45, 2.75) is 44.2 Å². The van der Waals surface area contributed by atoms with E-state index in [1.54, 1.807) is 0 Å². The predicted molar refractivity (Wildman–Crippen MR) is 82.7 cm³/mol. The molecule has 0 amide bonds. The molecule has 21 heavy (non-hydrogen) atoms. The molecular weight excluding hydrogens is 260 g/mol. The van der Waals surface area contributed by atoms with Gasteiger partial charge in [0, 0.05) is 6.42 Å². The number of imidazole rings is 1. The van der Waals surface area contributed by atoms with Crippen molar-refractivity contribution < 1.29 is 5.11 Å². The Kier molecular flexibility index (Phi) is 3.15. The van der Waals surface area contributed by atoms with Crippen molar-refractivity contribution in [1.29, 1.82) is 0 Å². The van der Waals surface area contributed by atoms with Crippen LogP contribution >= 0.6 is 0 Å². The summed E-state index contributed by atoms with van der Waals surface area (Å²) in [4.78, 5) is 4.31. The van der Waals surface area contributed by atoms with E-state index in [1.807, 2.05) is 42.9 Å². The molecule has 108 valence electrons. The van der Waals surface area contributed by atoms with Gasteiger partial charge >= 0.3 is 0 Å². The number of nitrogens with zero attached hydrogens (tertiary/aromatic N) is 2. The van der Waals surface area contributed by atoms with Crippen molar-refractivity contribution in [1.82, 2.24) is 9.55 Å². The van der Waals surface area contributed by atoms with E-state index in [0.717, 1.165) is 12.0 Å². The van der Waals surface area contributed by atoms with Gasteiger partial charge in [-0.1, -0.05) is 30.3 Å². The molecule has 2 heterocycles. The first kappa shape index (κ1) is 12.8. The molecule has 1 N–H and O–H groups in total. The van der Waals surface area contributed by atoms with Crippen molar-refractivity contribution in [2.75, 3.05) is 0 Å². The lowest BCUT2D eigenvalue weighted by molar-refractivity contribution is 0.152. The van der Waals surface area contributed by atoms with Gasteiger partial charge in [-0.05, 0) is 42.4 Å². The molecule has 0 saturated carbocycles. The molecule has 1 aromatic carbocycles. The molecule has 2 aliphatic rings. The molecule has 2 atom stereocenters. The molecule has 2 aromatic rings. The zero-order valence-electron chi connectivity index (χ0n) is 12.1. The number of aromatic nitrogens is 2. The van der Waals surface area contributed by atoms with Crippen LogP contribution in [0.1, 0.15) is 55.5 Å². The van der Waals surface area contributed by atoms with E-state index in [-0.39, 0.29) is 6.04 Å². The number of aliphatic hydroxyl groups is 1. The van der Waals surface area contributed by atoms with Crippen LogP contribution in [0.3, 0.4) is 0 Å². The fourth-order valence-electron chi connectivity index (χ4n) is 3.82. The topological polar surface area (TPSA) is 38.1 Å². The van der Waals surface area contributed by atoms with E-state index in [9.17, 15) is 5.11 Å². The third-order valence-corrected chi connectivity index (χ3v) is 4.85. The summed E-state index contributed by atoms with van der Waals surface area (Å²) >= 11 is 0. The molecule has 3 nitrogen and oxygen atoms in total. The van der Waals surface area contributed by atoms with Crippen LogP contribution in [-0.2, 0) is 0 Å². The van der Waals surface area contributed by atoms with Gasteiger partial charge in [-0.2, -0.15) is 0 Å². The summed E-state index contributed by atoms with van der Waals surface area (Å²) in [6.45, 7) is 0. The Bertz CT molecular complexity index is 672. The van der Waals surface area contributed by atoms with Gasteiger partial charge in [0.1, 0.15) is 0 Å². The Balaban J connectivity index is 1.64. The van der Waals surface area contributed by atoms with Crippen LogP contribution < -0.4 is 0 Å². The molecule has 4 rings (SSSR count). The minimum absolute atomic E-state index is 0.285. The standard InChI is InChI=1S/C18H20N2O/c21-18(13-6-2-1-3-7-13)10-16-14-8-4-5-9-15(14)17-11-19-12-20(16)17/h1-3,6-7,11-12,16,18,21H,4-5,8-10H2. The lowest BCUT2D eigenvalue weighted by atomic mass is 9.86. The van der Waals surface area contributed by atoms with E-state index in [4.69, 9.17) is 0 Å². The Hall–Kier alpha value is -1.87. The SMILES string of the molecule is OC(CC1C2=C(CCCC2)c2cncn21)c1ccccc1. The summed E-state index contributed by atoms with van der Waals surface area (Å²) in [7, 11) is 0. The summed E-state index contributed by atoms with van der Waals surface area (Å²) in [6.07, 6.45) is 9.12. The molecule has 3 heteroatoms. The van der Waals surface area contributed by atoms with Crippen LogP contribution in [0, 0.1) is 0 Å². The first-order valence-corrected chi connectivity index (χ1v) is 7.81. The van der Waals surface area contributed by atoms with Gasteiger partial charge in [-0.15, -0.1) is 0 Å². The molecule has 0 bridgehead atoms. The zero-order chi connectivity index (χ0) is 14.2. The fraction of sp³-hybridized carbons (Fsp3) is 0.389. The summed E-state index contributed by atoms with van der Waals surface area (Å²) in [5.74, 6) is 0. The van der Waals surface area contributed by atoms with Crippen LogP contribution in [0.25, 0.3) is 5.57 Å². The predicted octanol–water partition coefficient (Wildman–Crippen LogP) is 3.89. The molecule has 0 spiro atoms. The highest BCUT2D eigenvalue weighted by Crippen LogP contribution is 2.47. The average Bonchev–Trinajstić information content (AvgIpc) is 3.11. The van der Waals surface area contributed by atoms with Crippen molar-refractivity contribution in [3.05, 3.63) is 59.7 Å². The van der Waals surface area contributed by atoms with Gasteiger partial charge in [0.25, 0.3) is 0 Å². The van der Waals surface area contributed by atoms with Gasteiger partial charge in [-0.3, -0.25) is 0 Å². The monoisotopic (exact) mass is 280 g/mol. The fourth-order valence-corrected chi connectivity index (χ4v) is 3.82. The number of hydrogen-bond donors (Lipinski definition) is 1. The Morgan fingerprint density at radius 1 is 1.19 bits per heavy atom. The zero-order valence-corrected chi connectivity index (χ0v) is 12.1. The Labute approximate surface area is 125 Å². The molecule has 1 aliphatic carbocycles. The minimum atomic E-state index is -0.416. The summed E-state index contributed by atoms with van der Waals surface area (Å²) in [6, 6.07) is 10.3. The Morgan fingerprint density at radius 2 is 2.00 bits per heavy atom. The maximum atomic E-state index is 10.6. The first-order chi connectivity index (χ1) is 10.3. The number of allylic oxidation sites excluding steroid dienone is 2. The normalized spacial score (nSPS) is 22.0. The summed E-state index contributed by atoms with van der Waals surface area (Å²) in [5.41, 5.74) is 5.30. The average molecular weight is 280 g/mol. The Morgan fingerprint density at radius 3 is 2.86 bits per heavy atom. The lowest BCUT2D eigenvalue weighted by Crippen LogP contribution is -2.12. The van der Waals surface area contributed by atoms with Crippen molar-refractivity contribution in [2.24, 2.45) is 0 Å². The summed E-state index contributed by atoms with van der Waals surface area (Å²) in [5, 5.41) is 10.6. The third kappa shape index (κ3) is 2.12. The van der Waals surface area contributed by atoms with Crippen molar-refractivity contribution in [3.8, 4) is 0 Å². The summed E-state index contributed by atoms with van der Waals surface area (Å²) < 4.78 is 2.27. The number of hydrogen-bond acceptors (Lipinski definition) is 2. The largest absolute Gasteiger partial charge is 0.388 e. The highest BCUT2D eigenvalue weighted by molar-refractivity contribution is 5.71. The van der Waals surface area contributed by atoms with E-state index in [0.29, 0.717) is 0 Å². The van der Waals surface area contributed by atoms with E-state index in [1.165, 1.54) is 42.5 Å². The molecule has 0 saturated heterocycles. The van der Waals surface area contributed by atoms with Crippen molar-refractivity contribution in [3.63, 3.8) is 0 Å². The van der Waals surface area contributed by atoms with Crippen LogP contribution in [0.5, 0.6) is 0 Å². The van der Waals surface area contributed by atoms with E-state index in [2.05, 4.69) is 9.55 Å². The van der Waals surface area contributed by atoms with Gasteiger partial charge in [0.2, 0.25) is 0 Å². The van der Waals surface area contributed by atoms with E-state index >= 15 is 0 Å². The second-order valence-electron chi connectivity index (χ2n) is 6.08. The molecule has 2 unspecified atom stereocenters. The second kappa shape index (κ2) is 5.15. The van der Waals surface area contributed by atoms with Gasteiger partial charge < -0.3 is 9.67 Å². The maximum Gasteiger partial charge on any atom is 0.0956 e. The highest BCUT2D eigenvalue weighted by Gasteiger charge is 2.33. The van der Waals surface area contributed by atoms with Gasteiger partial charge in [0.15, 0.2) is 0 Å². The van der Waals surface area contributed by atoms with Crippen LogP contribution in [0.2, 0.25) is 0 Å². The number of benzene rings is 1. The van der Waals surface area contributed by atoms with Gasteiger partial charge in [-0.25, -0.2) is 4.98 Å². The molecule has 0 fully saturated rings. The quantitative estimate of drug-likeness (QED) is 0.926. The number of aliphatic hydroxyl groups excluding tert-OH is 1. The molecule has 1 aliphatic heterocycles. The van der Waals surface area contributed by atoms with Crippen LogP contribution in [-0.4, -0.2) is 14.7 Å². The molecule has 1 aromatic heterocycles. The van der Waals surface area contributed by atoms with Crippen LogP contribution in [0.4, 0.5) is 0 Å². The lowest BCUT2D eigenvalue weighted by Gasteiger charge is -2.23. The molecule has 0 radical (unpaired) electrons. The van der Waals surface area contributed by atoms with Gasteiger partial charge in [0.05, 0.1) is 30.4 Å². The van der Waals surface area contributed by atoms with Crippen LogP contribution in [0.15, 0.2) is 48.4 Å². The van der Waals surface area contributed by atoms with Crippen molar-refractivity contribution >= 4 is 5.57 Å². The van der Waals surface area contributed by atoms with E-state index < -0.39 is 6.10 Å². The smallest absolute Gasteiger partial charge is 0.0956 e. The highest BCUT2D eigenvalue weighted by atomic mass is 16.3. The first-order valence-electron chi connectivity index (χ1n) is 7.81. The number of rotatable bonds is 3. The minimum Gasteiger partial charge on any atom is -0.388 e. The number of fused-ring (bicyclic) bond motifs is 2. The maximum absolute atomic E-state index is 10.6. The third-order valence-electron chi connectivity index (χ3n) is 4.85. The molecular formula is C18H20N2O. The second-order valence-corrected chi connectivity index (χ2v) is 6.08.